The number of hydrogen-bond acceptors (Lipinski definition) is 5. The van der Waals surface area contributed by atoms with E-state index in [0.29, 0.717) is 5.95 Å². The number of nitrogens with zero attached hydrogens (tertiary/aromatic N) is 4. The predicted octanol–water partition coefficient (Wildman–Crippen LogP) is 3.15. The fraction of sp³-hybridized carbons (Fsp3) is 0.308. The van der Waals surface area contributed by atoms with Crippen molar-refractivity contribution in [2.45, 2.75) is 12.8 Å². The van der Waals surface area contributed by atoms with Crippen LogP contribution >= 0.6 is 11.6 Å². The third-order valence-corrected chi connectivity index (χ3v) is 3.35. The van der Waals surface area contributed by atoms with Gasteiger partial charge in [0.2, 0.25) is 17.2 Å². The second kappa shape index (κ2) is 5.77. The van der Waals surface area contributed by atoms with Gasteiger partial charge >= 0.3 is 0 Å². The summed E-state index contributed by atoms with van der Waals surface area (Å²) in [6.07, 6.45) is 2.10. The quantitative estimate of drug-likeness (QED) is 0.943. The summed E-state index contributed by atoms with van der Waals surface area (Å²) in [7, 11) is 0. The summed E-state index contributed by atoms with van der Waals surface area (Å²) >= 11 is 5.86. The van der Waals surface area contributed by atoms with Gasteiger partial charge in [-0.05, 0) is 36.6 Å². The molecule has 0 bridgehead atoms. The Balaban J connectivity index is 1.91. The van der Waals surface area contributed by atoms with Gasteiger partial charge < -0.3 is 10.2 Å². The summed E-state index contributed by atoms with van der Waals surface area (Å²) in [4.78, 5) is 14.0. The molecule has 1 aliphatic heterocycles. The fourth-order valence-corrected chi connectivity index (χ4v) is 2.34. The zero-order valence-corrected chi connectivity index (χ0v) is 11.7. The normalized spacial score (nSPS) is 14.5. The highest BCUT2D eigenvalue weighted by Crippen LogP contribution is 2.24. The summed E-state index contributed by atoms with van der Waals surface area (Å²) in [6, 6.07) is 3.58. The van der Waals surface area contributed by atoms with Crippen LogP contribution in [0.15, 0.2) is 18.2 Å². The molecule has 0 unspecified atom stereocenters. The van der Waals surface area contributed by atoms with Crippen LogP contribution in [-0.4, -0.2) is 28.0 Å². The van der Waals surface area contributed by atoms with E-state index in [9.17, 15) is 8.78 Å². The van der Waals surface area contributed by atoms with E-state index in [2.05, 4.69) is 20.3 Å². The Morgan fingerprint density at radius 3 is 2.38 bits per heavy atom. The lowest BCUT2D eigenvalue weighted by Gasteiger charge is -2.16. The van der Waals surface area contributed by atoms with Gasteiger partial charge in [0.25, 0.3) is 0 Å². The smallest absolute Gasteiger partial charge is 0.233 e. The van der Waals surface area contributed by atoms with Gasteiger partial charge in [-0.2, -0.15) is 15.0 Å². The lowest BCUT2D eigenvalue weighted by atomic mass is 10.3. The lowest BCUT2D eigenvalue weighted by Crippen LogP contribution is -2.21. The van der Waals surface area contributed by atoms with Gasteiger partial charge in [-0.3, -0.25) is 0 Å². The first kappa shape index (κ1) is 13.9. The molecule has 0 atom stereocenters. The number of rotatable bonds is 3. The van der Waals surface area contributed by atoms with E-state index in [4.69, 9.17) is 11.6 Å². The maximum absolute atomic E-state index is 13.6. The molecule has 0 radical (unpaired) electrons. The summed E-state index contributed by atoms with van der Waals surface area (Å²) < 4.78 is 27.2. The van der Waals surface area contributed by atoms with Crippen LogP contribution in [0.3, 0.4) is 0 Å². The van der Waals surface area contributed by atoms with Crippen molar-refractivity contribution in [3.63, 3.8) is 0 Å². The zero-order valence-electron chi connectivity index (χ0n) is 11.0. The minimum Gasteiger partial charge on any atom is -0.341 e. The molecule has 3 rings (SSSR count). The van der Waals surface area contributed by atoms with Gasteiger partial charge in [0.15, 0.2) is 0 Å². The molecule has 0 aliphatic carbocycles. The van der Waals surface area contributed by atoms with Gasteiger partial charge in [-0.15, -0.1) is 0 Å². The van der Waals surface area contributed by atoms with Crippen LogP contribution in [0.2, 0.25) is 5.28 Å². The maximum atomic E-state index is 13.6. The first-order valence-electron chi connectivity index (χ1n) is 6.51. The highest BCUT2D eigenvalue weighted by atomic mass is 35.5. The molecule has 1 aromatic heterocycles. The second-order valence-electron chi connectivity index (χ2n) is 4.64. The summed E-state index contributed by atoms with van der Waals surface area (Å²) in [5.74, 6) is -1.03. The molecule has 8 heteroatoms. The summed E-state index contributed by atoms with van der Waals surface area (Å²) in [5, 5.41) is 2.50. The first-order chi connectivity index (χ1) is 10.1. The van der Waals surface area contributed by atoms with Crippen LogP contribution in [0.1, 0.15) is 12.8 Å². The largest absolute Gasteiger partial charge is 0.341 e. The average Bonchev–Trinajstić information content (AvgIpc) is 2.97. The van der Waals surface area contributed by atoms with Gasteiger partial charge in [0.1, 0.15) is 17.3 Å². The molecular formula is C13H12ClF2N5. The third-order valence-electron chi connectivity index (χ3n) is 3.18. The van der Waals surface area contributed by atoms with Gasteiger partial charge in [-0.1, -0.05) is 6.07 Å². The van der Waals surface area contributed by atoms with Crippen molar-refractivity contribution < 1.29 is 8.78 Å². The van der Waals surface area contributed by atoms with Crippen LogP contribution in [0.25, 0.3) is 0 Å². The maximum Gasteiger partial charge on any atom is 0.233 e. The minimum atomic E-state index is -0.728. The molecule has 2 aromatic rings. The lowest BCUT2D eigenvalue weighted by molar-refractivity contribution is 0.590. The van der Waals surface area contributed by atoms with Crippen molar-refractivity contribution in [2.24, 2.45) is 0 Å². The molecule has 110 valence electrons. The Bertz CT molecular complexity index is 641. The van der Waals surface area contributed by atoms with Crippen molar-refractivity contribution in [3.05, 3.63) is 35.1 Å². The highest BCUT2D eigenvalue weighted by Gasteiger charge is 2.18. The van der Waals surface area contributed by atoms with Crippen LogP contribution in [-0.2, 0) is 0 Å². The SMILES string of the molecule is Fc1cccc(F)c1Nc1nc(Cl)nc(N2CCCC2)n1. The van der Waals surface area contributed by atoms with Crippen molar-refractivity contribution >= 4 is 29.2 Å². The summed E-state index contributed by atoms with van der Waals surface area (Å²) in [5.41, 5.74) is -0.313. The van der Waals surface area contributed by atoms with Crippen LogP contribution < -0.4 is 10.2 Å². The van der Waals surface area contributed by atoms with E-state index >= 15 is 0 Å². The summed E-state index contributed by atoms with van der Waals surface area (Å²) in [6.45, 7) is 1.65. The van der Waals surface area contributed by atoms with Gasteiger partial charge in [0, 0.05) is 13.1 Å². The van der Waals surface area contributed by atoms with E-state index in [1.54, 1.807) is 0 Å². The highest BCUT2D eigenvalue weighted by molar-refractivity contribution is 6.28. The Hall–Kier alpha value is -2.02. The Morgan fingerprint density at radius 1 is 1.05 bits per heavy atom. The molecule has 1 aromatic carbocycles. The first-order valence-corrected chi connectivity index (χ1v) is 6.89. The molecule has 5 nitrogen and oxygen atoms in total. The van der Waals surface area contributed by atoms with Crippen molar-refractivity contribution in [2.75, 3.05) is 23.3 Å². The molecule has 2 heterocycles. The zero-order chi connectivity index (χ0) is 14.8. The van der Waals surface area contributed by atoms with E-state index in [1.165, 1.54) is 6.07 Å². The molecule has 1 N–H and O–H groups in total. The number of anilines is 3. The van der Waals surface area contributed by atoms with Crippen molar-refractivity contribution in [1.82, 2.24) is 15.0 Å². The van der Waals surface area contributed by atoms with E-state index in [-0.39, 0.29) is 16.9 Å². The van der Waals surface area contributed by atoms with Gasteiger partial charge in [0.05, 0.1) is 0 Å². The van der Waals surface area contributed by atoms with E-state index in [0.717, 1.165) is 38.1 Å². The van der Waals surface area contributed by atoms with Crippen LogP contribution in [0, 0.1) is 11.6 Å². The number of para-hydroxylation sites is 1. The van der Waals surface area contributed by atoms with Crippen molar-refractivity contribution in [3.8, 4) is 0 Å². The molecule has 1 aliphatic rings. The monoisotopic (exact) mass is 311 g/mol. The Labute approximate surface area is 125 Å². The Morgan fingerprint density at radius 2 is 1.71 bits per heavy atom. The molecule has 1 fully saturated rings. The standard InChI is InChI=1S/C13H12ClF2N5/c14-11-18-12(17-10-8(15)4-3-5-9(10)16)20-13(19-11)21-6-1-2-7-21/h3-5H,1-2,6-7H2,(H,17,18,19,20). The molecule has 0 spiro atoms. The Kier molecular flexibility index (Phi) is 3.83. The van der Waals surface area contributed by atoms with Crippen LogP contribution in [0.5, 0.6) is 0 Å². The average molecular weight is 312 g/mol. The number of benzene rings is 1. The minimum absolute atomic E-state index is 0.0147. The predicted molar refractivity (Wildman–Crippen MR) is 75.9 cm³/mol. The number of nitrogens with one attached hydrogen (secondary N) is 1. The molecule has 0 saturated carbocycles. The fourth-order valence-electron chi connectivity index (χ4n) is 2.18. The van der Waals surface area contributed by atoms with Crippen molar-refractivity contribution in [1.29, 1.82) is 0 Å². The molecule has 21 heavy (non-hydrogen) atoms. The van der Waals surface area contributed by atoms with Crippen LogP contribution in [0.4, 0.5) is 26.4 Å². The molecule has 1 saturated heterocycles. The molecular weight excluding hydrogens is 300 g/mol. The van der Waals surface area contributed by atoms with E-state index in [1.807, 2.05) is 4.90 Å². The van der Waals surface area contributed by atoms with Gasteiger partial charge in [-0.25, -0.2) is 8.78 Å². The topological polar surface area (TPSA) is 53.9 Å². The molecule has 0 amide bonds. The number of aromatic nitrogens is 3. The second-order valence-corrected chi connectivity index (χ2v) is 4.98. The van der Waals surface area contributed by atoms with E-state index < -0.39 is 11.6 Å². The third kappa shape index (κ3) is 3.02. The number of hydrogen-bond donors (Lipinski definition) is 1. The number of halogens is 3.